The van der Waals surface area contributed by atoms with Crippen LogP contribution in [0.4, 0.5) is 20.2 Å². The van der Waals surface area contributed by atoms with Gasteiger partial charge in [-0.3, -0.25) is 4.79 Å². The molecule has 0 aliphatic rings. The van der Waals surface area contributed by atoms with E-state index in [1.807, 2.05) is 0 Å². The van der Waals surface area contributed by atoms with Crippen molar-refractivity contribution in [2.45, 2.75) is 26.7 Å². The summed E-state index contributed by atoms with van der Waals surface area (Å²) in [5.41, 5.74) is 8.09. The highest BCUT2D eigenvalue weighted by Gasteiger charge is 2.26. The highest BCUT2D eigenvalue weighted by Crippen LogP contribution is 2.30. The van der Waals surface area contributed by atoms with Gasteiger partial charge in [-0.05, 0) is 55.3 Å². The molecule has 2 aromatic rings. The number of carbonyl (C=O) groups excluding carboxylic acids is 1. The highest BCUT2D eigenvalue weighted by molar-refractivity contribution is 6.06. The number of rotatable bonds is 3. The van der Waals surface area contributed by atoms with Crippen LogP contribution < -0.4 is 11.1 Å². The fourth-order valence-electron chi connectivity index (χ4n) is 2.39. The van der Waals surface area contributed by atoms with Gasteiger partial charge in [0.05, 0.1) is 0 Å². The zero-order chi connectivity index (χ0) is 16.5. The number of halogens is 2. The molecule has 2 rings (SSSR count). The van der Waals surface area contributed by atoms with Crippen LogP contribution in [0, 0.1) is 13.8 Å². The molecular weight excluding hydrogens is 286 g/mol. The van der Waals surface area contributed by atoms with E-state index in [4.69, 9.17) is 5.73 Å². The number of hydrogen-bond donors (Lipinski definition) is 2. The van der Waals surface area contributed by atoms with Gasteiger partial charge in [-0.25, -0.2) is 8.78 Å². The van der Waals surface area contributed by atoms with Crippen LogP contribution in [0.25, 0.3) is 0 Å². The third-order valence-corrected chi connectivity index (χ3v) is 3.41. The van der Waals surface area contributed by atoms with Crippen LogP contribution in [0.1, 0.15) is 34.0 Å². The van der Waals surface area contributed by atoms with Crippen molar-refractivity contribution in [2.75, 3.05) is 11.1 Å². The average molecular weight is 304 g/mol. The van der Waals surface area contributed by atoms with Crippen molar-refractivity contribution in [3.8, 4) is 0 Å². The van der Waals surface area contributed by atoms with Crippen molar-refractivity contribution in [3.05, 3.63) is 58.7 Å². The van der Waals surface area contributed by atoms with Crippen molar-refractivity contribution in [1.29, 1.82) is 0 Å². The lowest BCUT2D eigenvalue weighted by Crippen LogP contribution is -2.17. The van der Waals surface area contributed by atoms with Crippen molar-refractivity contribution in [3.63, 3.8) is 0 Å². The van der Waals surface area contributed by atoms with Gasteiger partial charge < -0.3 is 11.1 Å². The van der Waals surface area contributed by atoms with E-state index in [1.54, 1.807) is 38.1 Å². The van der Waals surface area contributed by atoms with Crippen molar-refractivity contribution >= 4 is 17.3 Å². The van der Waals surface area contributed by atoms with Crippen LogP contribution in [-0.2, 0) is 5.92 Å². The number of carbonyl (C=O) groups is 1. The Morgan fingerprint density at radius 1 is 1.14 bits per heavy atom. The molecule has 0 fully saturated rings. The fraction of sp³-hybridized carbons (Fsp3) is 0.235. The molecule has 3 nitrogen and oxygen atoms in total. The Kier molecular flexibility index (Phi) is 4.17. The van der Waals surface area contributed by atoms with Crippen molar-refractivity contribution in [1.82, 2.24) is 0 Å². The maximum atomic E-state index is 13.4. The largest absolute Gasteiger partial charge is 0.399 e. The first-order valence-electron chi connectivity index (χ1n) is 6.85. The van der Waals surface area contributed by atoms with E-state index in [0.29, 0.717) is 28.1 Å². The standard InChI is InChI=1S/C17H18F2N2O/c1-10-7-12(17(3,18)19)8-11(2)15(10)16(22)21-14-6-4-5-13(20)9-14/h4-9H,20H2,1-3H3,(H,21,22). The summed E-state index contributed by atoms with van der Waals surface area (Å²) in [6.45, 7) is 4.14. The van der Waals surface area contributed by atoms with Crippen LogP contribution in [0.2, 0.25) is 0 Å². The normalized spacial score (nSPS) is 11.3. The minimum absolute atomic E-state index is 0.0944. The first-order chi connectivity index (χ1) is 10.2. The maximum absolute atomic E-state index is 13.4. The number of nitrogen functional groups attached to an aromatic ring is 1. The number of benzene rings is 2. The maximum Gasteiger partial charge on any atom is 0.270 e. The van der Waals surface area contributed by atoms with Gasteiger partial charge >= 0.3 is 0 Å². The number of anilines is 2. The quantitative estimate of drug-likeness (QED) is 0.833. The Balaban J connectivity index is 2.34. The van der Waals surface area contributed by atoms with Crippen LogP contribution in [-0.4, -0.2) is 5.91 Å². The zero-order valence-electron chi connectivity index (χ0n) is 12.7. The molecule has 116 valence electrons. The lowest BCUT2D eigenvalue weighted by molar-refractivity contribution is 0.0173. The summed E-state index contributed by atoms with van der Waals surface area (Å²) < 4.78 is 26.8. The van der Waals surface area contributed by atoms with Crippen LogP contribution in [0.15, 0.2) is 36.4 Å². The van der Waals surface area contributed by atoms with E-state index in [2.05, 4.69) is 5.32 Å². The second kappa shape index (κ2) is 5.75. The molecule has 0 bridgehead atoms. The van der Waals surface area contributed by atoms with E-state index in [1.165, 1.54) is 12.1 Å². The van der Waals surface area contributed by atoms with Gasteiger partial charge in [0.1, 0.15) is 0 Å². The lowest BCUT2D eigenvalue weighted by Gasteiger charge is -2.16. The number of amides is 1. The van der Waals surface area contributed by atoms with E-state index in [0.717, 1.165) is 6.92 Å². The Morgan fingerprint density at radius 2 is 1.73 bits per heavy atom. The summed E-state index contributed by atoms with van der Waals surface area (Å²) in [7, 11) is 0. The number of nitrogens with one attached hydrogen (secondary N) is 1. The average Bonchev–Trinajstić information content (AvgIpc) is 2.36. The number of aryl methyl sites for hydroxylation is 2. The molecule has 0 atom stereocenters. The Hall–Kier alpha value is -2.43. The van der Waals surface area contributed by atoms with E-state index in [9.17, 15) is 13.6 Å². The monoisotopic (exact) mass is 304 g/mol. The summed E-state index contributed by atoms with van der Waals surface area (Å²) in [4.78, 5) is 12.4. The molecule has 0 aliphatic carbocycles. The molecule has 2 aromatic carbocycles. The fourth-order valence-corrected chi connectivity index (χ4v) is 2.39. The van der Waals surface area contributed by atoms with Gasteiger partial charge in [-0.2, -0.15) is 0 Å². The Morgan fingerprint density at radius 3 is 2.23 bits per heavy atom. The van der Waals surface area contributed by atoms with Gasteiger partial charge in [-0.15, -0.1) is 0 Å². The molecule has 0 spiro atoms. The molecule has 0 saturated heterocycles. The van der Waals surface area contributed by atoms with E-state index < -0.39 is 5.92 Å². The number of nitrogens with two attached hydrogens (primary N) is 1. The first-order valence-corrected chi connectivity index (χ1v) is 6.85. The van der Waals surface area contributed by atoms with Crippen molar-refractivity contribution < 1.29 is 13.6 Å². The third-order valence-electron chi connectivity index (χ3n) is 3.41. The SMILES string of the molecule is Cc1cc(C(C)(F)F)cc(C)c1C(=O)Nc1cccc(N)c1. The predicted molar refractivity (Wildman–Crippen MR) is 84.3 cm³/mol. The smallest absolute Gasteiger partial charge is 0.270 e. The molecule has 22 heavy (non-hydrogen) atoms. The van der Waals surface area contributed by atoms with Crippen LogP contribution in [0.3, 0.4) is 0 Å². The van der Waals surface area contributed by atoms with Gasteiger partial charge in [0.15, 0.2) is 0 Å². The number of alkyl halides is 2. The second-order valence-corrected chi connectivity index (χ2v) is 5.45. The molecule has 0 radical (unpaired) electrons. The summed E-state index contributed by atoms with van der Waals surface area (Å²) in [6.07, 6.45) is 0. The summed E-state index contributed by atoms with van der Waals surface area (Å²) in [5.74, 6) is -3.27. The lowest BCUT2D eigenvalue weighted by atomic mass is 9.96. The molecular formula is C17H18F2N2O. The van der Waals surface area contributed by atoms with Crippen LogP contribution >= 0.6 is 0 Å². The molecule has 1 amide bonds. The van der Waals surface area contributed by atoms with Gasteiger partial charge in [-0.1, -0.05) is 6.07 Å². The molecule has 0 unspecified atom stereocenters. The molecule has 3 N–H and O–H groups in total. The minimum Gasteiger partial charge on any atom is -0.399 e. The number of hydrogen-bond acceptors (Lipinski definition) is 2. The zero-order valence-corrected chi connectivity index (χ0v) is 12.7. The molecule has 0 saturated carbocycles. The topological polar surface area (TPSA) is 55.1 Å². The summed E-state index contributed by atoms with van der Waals surface area (Å²) in [6, 6.07) is 9.49. The summed E-state index contributed by atoms with van der Waals surface area (Å²) >= 11 is 0. The van der Waals surface area contributed by atoms with Crippen molar-refractivity contribution in [2.24, 2.45) is 0 Å². The predicted octanol–water partition coefficient (Wildman–Crippen LogP) is 4.25. The van der Waals surface area contributed by atoms with Gasteiger partial charge in [0.2, 0.25) is 0 Å². The Labute approximate surface area is 128 Å². The molecule has 0 aliphatic heterocycles. The minimum atomic E-state index is -2.93. The molecule has 0 heterocycles. The van der Waals surface area contributed by atoms with Gasteiger partial charge in [0, 0.05) is 29.4 Å². The molecule has 5 heteroatoms. The molecule has 0 aromatic heterocycles. The van der Waals surface area contributed by atoms with Crippen LogP contribution in [0.5, 0.6) is 0 Å². The highest BCUT2D eigenvalue weighted by atomic mass is 19.3. The third kappa shape index (κ3) is 3.42. The van der Waals surface area contributed by atoms with E-state index >= 15 is 0 Å². The Bertz CT molecular complexity index is 698. The van der Waals surface area contributed by atoms with E-state index in [-0.39, 0.29) is 11.5 Å². The second-order valence-electron chi connectivity index (χ2n) is 5.45. The van der Waals surface area contributed by atoms with Gasteiger partial charge in [0.25, 0.3) is 11.8 Å². The summed E-state index contributed by atoms with van der Waals surface area (Å²) in [5, 5.41) is 2.73. The first kappa shape index (κ1) is 15.9.